The smallest absolute Gasteiger partial charge is 0.363 e. The van der Waals surface area contributed by atoms with Gasteiger partial charge < -0.3 is 14.2 Å². The predicted octanol–water partition coefficient (Wildman–Crippen LogP) is 2.86. The fourth-order valence-electron chi connectivity index (χ4n) is 2.55. The quantitative estimate of drug-likeness (QED) is 0.312. The molecule has 2 aromatic carbocycles. The van der Waals surface area contributed by atoms with E-state index in [1.165, 1.54) is 20.3 Å². The molecule has 3 rings (SSSR count). The highest BCUT2D eigenvalue weighted by Crippen LogP contribution is 2.30. The molecule has 0 N–H and O–H groups in total. The van der Waals surface area contributed by atoms with Crippen molar-refractivity contribution in [3.05, 3.63) is 73.5 Å². The SMILES string of the molecule is COc1ccc(C=C2N=C(c3cc([N+](=O)[O-])cc([N+](=O)[O-])c3)OC2=O)c(OC)c1. The molecule has 0 atom stereocenters. The first-order chi connectivity index (χ1) is 13.8. The Morgan fingerprint density at radius 3 is 2.21 bits per heavy atom. The number of nitrogens with zero attached hydrogens (tertiary/aromatic N) is 3. The van der Waals surface area contributed by atoms with Gasteiger partial charge in [-0.05, 0) is 18.2 Å². The molecule has 0 spiro atoms. The van der Waals surface area contributed by atoms with Gasteiger partial charge in [0.15, 0.2) is 5.70 Å². The van der Waals surface area contributed by atoms with Gasteiger partial charge in [0.05, 0.1) is 35.7 Å². The summed E-state index contributed by atoms with van der Waals surface area (Å²) in [4.78, 5) is 36.7. The van der Waals surface area contributed by atoms with E-state index in [1.54, 1.807) is 18.2 Å². The summed E-state index contributed by atoms with van der Waals surface area (Å²) in [6, 6.07) is 7.79. The molecular formula is C18H13N3O8. The van der Waals surface area contributed by atoms with E-state index >= 15 is 0 Å². The van der Waals surface area contributed by atoms with Crippen LogP contribution in [0.25, 0.3) is 6.08 Å². The highest BCUT2D eigenvalue weighted by molar-refractivity contribution is 6.13. The van der Waals surface area contributed by atoms with E-state index in [-0.39, 0.29) is 17.2 Å². The molecular weight excluding hydrogens is 386 g/mol. The standard InChI is InChI=1S/C18H13N3O8/c1-27-14-4-3-10(16(9-14)28-2)7-15-18(22)29-17(19-15)11-5-12(20(23)24)8-13(6-11)21(25)26/h3-9H,1-2H3. The van der Waals surface area contributed by atoms with Crippen molar-refractivity contribution in [1.82, 2.24) is 0 Å². The van der Waals surface area contributed by atoms with Gasteiger partial charge in [-0.15, -0.1) is 0 Å². The lowest BCUT2D eigenvalue weighted by molar-refractivity contribution is -0.394. The van der Waals surface area contributed by atoms with Gasteiger partial charge in [0, 0.05) is 23.8 Å². The molecule has 2 aromatic rings. The van der Waals surface area contributed by atoms with Crippen molar-refractivity contribution in [1.29, 1.82) is 0 Å². The first-order valence-electron chi connectivity index (χ1n) is 8.01. The molecule has 29 heavy (non-hydrogen) atoms. The molecule has 0 saturated heterocycles. The van der Waals surface area contributed by atoms with Gasteiger partial charge in [0.25, 0.3) is 11.4 Å². The van der Waals surface area contributed by atoms with E-state index in [4.69, 9.17) is 14.2 Å². The Hall–Kier alpha value is -4.28. The van der Waals surface area contributed by atoms with Gasteiger partial charge in [-0.3, -0.25) is 20.2 Å². The molecule has 1 aliphatic heterocycles. The molecule has 0 fully saturated rings. The van der Waals surface area contributed by atoms with E-state index in [0.717, 1.165) is 18.2 Å². The zero-order chi connectivity index (χ0) is 21.1. The normalized spacial score (nSPS) is 14.3. The zero-order valence-corrected chi connectivity index (χ0v) is 15.1. The van der Waals surface area contributed by atoms with Crippen LogP contribution in [-0.2, 0) is 9.53 Å². The number of aliphatic imine (C=N–C) groups is 1. The molecule has 0 aliphatic carbocycles. The average molecular weight is 399 g/mol. The molecule has 1 aliphatic rings. The minimum atomic E-state index is -0.813. The summed E-state index contributed by atoms with van der Waals surface area (Å²) in [7, 11) is 2.94. The summed E-state index contributed by atoms with van der Waals surface area (Å²) < 4.78 is 15.4. The van der Waals surface area contributed by atoms with Crippen LogP contribution in [0.1, 0.15) is 11.1 Å². The largest absolute Gasteiger partial charge is 0.497 e. The molecule has 11 heteroatoms. The first kappa shape index (κ1) is 19.5. The van der Waals surface area contributed by atoms with E-state index < -0.39 is 27.2 Å². The van der Waals surface area contributed by atoms with Crippen LogP contribution >= 0.6 is 0 Å². The van der Waals surface area contributed by atoms with Crippen LogP contribution in [0.4, 0.5) is 11.4 Å². The van der Waals surface area contributed by atoms with E-state index in [0.29, 0.717) is 17.1 Å². The zero-order valence-electron chi connectivity index (χ0n) is 15.1. The molecule has 148 valence electrons. The van der Waals surface area contributed by atoms with Crippen molar-refractivity contribution < 1.29 is 28.9 Å². The van der Waals surface area contributed by atoms with Gasteiger partial charge in [0.1, 0.15) is 11.5 Å². The molecule has 0 bridgehead atoms. The summed E-state index contributed by atoms with van der Waals surface area (Å²) in [5.74, 6) is -0.127. The fourth-order valence-corrected chi connectivity index (χ4v) is 2.55. The molecule has 0 unspecified atom stereocenters. The number of nitro benzene ring substituents is 2. The van der Waals surface area contributed by atoms with Crippen molar-refractivity contribution in [2.24, 2.45) is 4.99 Å². The second kappa shape index (κ2) is 7.76. The number of hydrogen-bond donors (Lipinski definition) is 0. The Labute approximate surface area is 163 Å². The van der Waals surface area contributed by atoms with Gasteiger partial charge in [-0.25, -0.2) is 9.79 Å². The Kier molecular flexibility index (Phi) is 5.21. The maximum atomic E-state index is 12.2. The molecule has 0 radical (unpaired) electrons. The van der Waals surface area contributed by atoms with E-state index in [2.05, 4.69) is 4.99 Å². The lowest BCUT2D eigenvalue weighted by Crippen LogP contribution is -2.06. The summed E-state index contributed by atoms with van der Waals surface area (Å²) in [6.07, 6.45) is 1.40. The number of carbonyl (C=O) groups is 1. The maximum Gasteiger partial charge on any atom is 0.363 e. The molecule has 0 saturated carbocycles. The number of cyclic esters (lactones) is 1. The number of carbonyl (C=O) groups excluding carboxylic acids is 1. The lowest BCUT2D eigenvalue weighted by Gasteiger charge is -2.07. The van der Waals surface area contributed by atoms with Crippen molar-refractivity contribution in [2.75, 3.05) is 14.2 Å². The molecule has 1 heterocycles. The summed E-state index contributed by atoms with van der Waals surface area (Å²) in [5.41, 5.74) is -0.707. The summed E-state index contributed by atoms with van der Waals surface area (Å²) >= 11 is 0. The number of rotatable bonds is 6. The van der Waals surface area contributed by atoms with Crippen LogP contribution in [0.3, 0.4) is 0 Å². The minimum absolute atomic E-state index is 0.0654. The number of benzene rings is 2. The van der Waals surface area contributed by atoms with Crippen LogP contribution in [0.5, 0.6) is 11.5 Å². The van der Waals surface area contributed by atoms with Crippen LogP contribution in [0.2, 0.25) is 0 Å². The Morgan fingerprint density at radius 2 is 1.66 bits per heavy atom. The second-order valence-electron chi connectivity index (χ2n) is 5.70. The first-order valence-corrected chi connectivity index (χ1v) is 8.01. The minimum Gasteiger partial charge on any atom is -0.497 e. The monoisotopic (exact) mass is 399 g/mol. The van der Waals surface area contributed by atoms with Gasteiger partial charge in [-0.2, -0.15) is 0 Å². The topological polar surface area (TPSA) is 143 Å². The second-order valence-corrected chi connectivity index (χ2v) is 5.70. The molecule has 11 nitrogen and oxygen atoms in total. The Bertz CT molecular complexity index is 1060. The summed E-state index contributed by atoms with van der Waals surface area (Å²) in [5, 5.41) is 22.1. The van der Waals surface area contributed by atoms with E-state index in [1.807, 2.05) is 0 Å². The van der Waals surface area contributed by atoms with Gasteiger partial charge >= 0.3 is 5.97 Å². The average Bonchev–Trinajstić information content (AvgIpc) is 3.08. The van der Waals surface area contributed by atoms with Crippen LogP contribution in [0.15, 0.2) is 47.1 Å². The number of ether oxygens (including phenoxy) is 3. The van der Waals surface area contributed by atoms with Crippen molar-refractivity contribution in [3.63, 3.8) is 0 Å². The van der Waals surface area contributed by atoms with Gasteiger partial charge in [-0.1, -0.05) is 0 Å². The van der Waals surface area contributed by atoms with Crippen molar-refractivity contribution in [2.45, 2.75) is 0 Å². The molecule has 0 aromatic heterocycles. The van der Waals surface area contributed by atoms with Crippen LogP contribution in [-0.4, -0.2) is 35.9 Å². The van der Waals surface area contributed by atoms with Crippen LogP contribution in [0, 0.1) is 20.2 Å². The number of esters is 1. The van der Waals surface area contributed by atoms with Crippen LogP contribution < -0.4 is 9.47 Å². The third kappa shape index (κ3) is 4.03. The third-order valence-corrected chi connectivity index (χ3v) is 3.92. The number of non-ortho nitro benzene ring substituents is 2. The lowest BCUT2D eigenvalue weighted by atomic mass is 10.1. The van der Waals surface area contributed by atoms with E-state index in [9.17, 15) is 25.0 Å². The Morgan fingerprint density at radius 1 is 1.00 bits per heavy atom. The number of hydrogen-bond acceptors (Lipinski definition) is 9. The maximum absolute atomic E-state index is 12.2. The third-order valence-electron chi connectivity index (χ3n) is 3.92. The van der Waals surface area contributed by atoms with Crippen molar-refractivity contribution in [3.8, 4) is 11.5 Å². The number of nitro groups is 2. The highest BCUT2D eigenvalue weighted by atomic mass is 16.6. The highest BCUT2D eigenvalue weighted by Gasteiger charge is 2.28. The fraction of sp³-hybridized carbons (Fsp3) is 0.111. The number of methoxy groups -OCH3 is 2. The molecule has 0 amide bonds. The predicted molar refractivity (Wildman–Crippen MR) is 99.9 cm³/mol. The van der Waals surface area contributed by atoms with Gasteiger partial charge in [0.2, 0.25) is 5.90 Å². The summed E-state index contributed by atoms with van der Waals surface area (Å²) in [6.45, 7) is 0. The van der Waals surface area contributed by atoms with Crippen molar-refractivity contribution >= 4 is 29.3 Å². The Balaban J connectivity index is 2.04.